The van der Waals surface area contributed by atoms with Crippen LogP contribution >= 0.6 is 0 Å². The lowest BCUT2D eigenvalue weighted by Crippen LogP contribution is -2.07. The quantitative estimate of drug-likeness (QED) is 0.172. The molecule has 0 amide bonds. The van der Waals surface area contributed by atoms with E-state index in [-0.39, 0.29) is 0 Å². The molecule has 0 aliphatic carbocycles. The number of para-hydroxylation sites is 4. The highest BCUT2D eigenvalue weighted by molar-refractivity contribution is 6.24. The standard InChI is InChI=1S/C64H38N6/c65-37-41-27-30-59(69-57-33-28-42(35-50(57)62-44-15-3-1-13-39(44)25-31-60(62)69)67-53-21-9-5-17-46(53)47-18-6-10-22-54(47)67)52(38-66)64(41)70-58-34-29-43(36-51(58)63-45-16-4-2-14-40(45)26-32-61(63)70)68-55-23-11-7-19-48(55)49-20-8-12-24-56(49)68/h1-37,65H. The van der Waals surface area contributed by atoms with Gasteiger partial charge in [0.25, 0.3) is 0 Å². The van der Waals surface area contributed by atoms with Gasteiger partial charge in [-0.15, -0.1) is 0 Å². The smallest absolute Gasteiger partial charge is 0.104 e. The average molecular weight is 891 g/mol. The van der Waals surface area contributed by atoms with E-state index in [0.29, 0.717) is 16.8 Å². The number of nitrogens with zero attached hydrogens (tertiary/aromatic N) is 5. The van der Waals surface area contributed by atoms with Gasteiger partial charge in [0.15, 0.2) is 0 Å². The molecule has 70 heavy (non-hydrogen) atoms. The highest BCUT2D eigenvalue weighted by Crippen LogP contribution is 2.44. The summed E-state index contributed by atoms with van der Waals surface area (Å²) in [5, 5.41) is 34.4. The van der Waals surface area contributed by atoms with Gasteiger partial charge in [0.2, 0.25) is 0 Å². The Labute approximate surface area is 400 Å². The van der Waals surface area contributed by atoms with Gasteiger partial charge in [-0.25, -0.2) is 0 Å². The molecule has 0 saturated heterocycles. The van der Waals surface area contributed by atoms with Crippen molar-refractivity contribution in [2.45, 2.75) is 0 Å². The van der Waals surface area contributed by atoms with Crippen LogP contribution in [-0.4, -0.2) is 24.5 Å². The van der Waals surface area contributed by atoms with Crippen molar-refractivity contribution in [2.24, 2.45) is 0 Å². The van der Waals surface area contributed by atoms with Crippen LogP contribution in [0.15, 0.2) is 218 Å². The van der Waals surface area contributed by atoms with E-state index < -0.39 is 0 Å². The average Bonchev–Trinajstić information content (AvgIpc) is 4.15. The molecule has 15 aromatic rings. The Bertz CT molecular complexity index is 4710. The van der Waals surface area contributed by atoms with Gasteiger partial charge >= 0.3 is 0 Å². The van der Waals surface area contributed by atoms with Crippen molar-refractivity contribution in [3.63, 3.8) is 0 Å². The maximum Gasteiger partial charge on any atom is 0.104 e. The summed E-state index contributed by atoms with van der Waals surface area (Å²) in [5.41, 5.74) is 13.2. The van der Waals surface area contributed by atoms with Gasteiger partial charge in [-0.05, 0) is 106 Å². The largest absolute Gasteiger partial charge is 0.309 e. The van der Waals surface area contributed by atoms with Crippen LogP contribution in [0, 0.1) is 16.7 Å². The number of rotatable bonds is 5. The summed E-state index contributed by atoms with van der Waals surface area (Å²) in [6.07, 6.45) is 1.39. The van der Waals surface area contributed by atoms with Crippen molar-refractivity contribution in [1.29, 1.82) is 10.7 Å². The lowest BCUT2D eigenvalue weighted by Gasteiger charge is -2.18. The maximum absolute atomic E-state index is 11.7. The van der Waals surface area contributed by atoms with E-state index in [4.69, 9.17) is 5.41 Å². The normalized spacial score (nSPS) is 12.0. The van der Waals surface area contributed by atoms with E-state index in [1.807, 2.05) is 12.1 Å². The Morgan fingerprint density at radius 2 is 0.729 bits per heavy atom. The van der Waals surface area contributed by atoms with E-state index in [2.05, 4.69) is 231 Å². The molecule has 4 heterocycles. The molecule has 1 N–H and O–H groups in total. The van der Waals surface area contributed by atoms with Crippen molar-refractivity contribution in [3.05, 3.63) is 230 Å². The van der Waals surface area contributed by atoms with Gasteiger partial charge in [-0.2, -0.15) is 5.26 Å². The van der Waals surface area contributed by atoms with E-state index >= 15 is 0 Å². The van der Waals surface area contributed by atoms with Gasteiger partial charge < -0.3 is 23.7 Å². The molecule has 0 aliphatic heterocycles. The lowest BCUT2D eigenvalue weighted by molar-refractivity contribution is 1.11. The lowest BCUT2D eigenvalue weighted by atomic mass is 10.0. The van der Waals surface area contributed by atoms with E-state index in [0.717, 1.165) is 104 Å². The number of nitriles is 1. The van der Waals surface area contributed by atoms with Crippen LogP contribution < -0.4 is 0 Å². The predicted octanol–water partition coefficient (Wildman–Crippen LogP) is 16.3. The number of aromatic nitrogens is 4. The van der Waals surface area contributed by atoms with E-state index in [1.54, 1.807) is 0 Å². The van der Waals surface area contributed by atoms with Crippen LogP contribution in [0.5, 0.6) is 0 Å². The molecule has 0 atom stereocenters. The fourth-order valence-electron chi connectivity index (χ4n) is 12.0. The number of fused-ring (bicyclic) bond motifs is 16. The summed E-state index contributed by atoms with van der Waals surface area (Å²) in [6, 6.07) is 80.6. The molecule has 0 aliphatic rings. The molecule has 324 valence electrons. The zero-order valence-corrected chi connectivity index (χ0v) is 37.6. The van der Waals surface area contributed by atoms with Crippen LogP contribution in [0.3, 0.4) is 0 Å². The zero-order chi connectivity index (χ0) is 46.2. The van der Waals surface area contributed by atoms with Gasteiger partial charge in [0.1, 0.15) is 11.6 Å². The molecular formula is C64H38N6. The van der Waals surface area contributed by atoms with E-state index in [9.17, 15) is 5.26 Å². The number of hydrogen-bond donors (Lipinski definition) is 1. The van der Waals surface area contributed by atoms with Gasteiger partial charge in [-0.1, -0.05) is 133 Å². The summed E-state index contributed by atoms with van der Waals surface area (Å²) in [6.45, 7) is 0. The molecule has 15 rings (SSSR count). The van der Waals surface area contributed by atoms with Crippen molar-refractivity contribution in [1.82, 2.24) is 18.3 Å². The number of benzene rings is 11. The molecule has 0 bridgehead atoms. The second kappa shape index (κ2) is 14.4. The number of hydrogen-bond acceptors (Lipinski definition) is 2. The second-order valence-corrected chi connectivity index (χ2v) is 18.3. The Hall–Kier alpha value is -9.70. The summed E-state index contributed by atoms with van der Waals surface area (Å²) < 4.78 is 9.24. The first kappa shape index (κ1) is 38.4. The summed E-state index contributed by atoms with van der Waals surface area (Å²) >= 11 is 0. The predicted molar refractivity (Wildman–Crippen MR) is 291 cm³/mol. The summed E-state index contributed by atoms with van der Waals surface area (Å²) in [4.78, 5) is 0. The third kappa shape index (κ3) is 5.12. The van der Waals surface area contributed by atoms with Gasteiger partial charge in [0, 0.05) is 66.2 Å². The minimum atomic E-state index is 0.484. The third-order valence-corrected chi connectivity index (χ3v) is 14.9. The monoisotopic (exact) mass is 890 g/mol. The van der Waals surface area contributed by atoms with Crippen LogP contribution in [0.1, 0.15) is 11.1 Å². The Morgan fingerprint density at radius 1 is 0.343 bits per heavy atom. The van der Waals surface area contributed by atoms with Crippen LogP contribution in [-0.2, 0) is 0 Å². The SMILES string of the molecule is N#Cc1c(-n2c3ccc(-n4c5ccccc5c5ccccc54)cc3c3c4ccccc4ccc32)ccc(C=N)c1-n1c2ccc(-n3c4ccccc4c4ccccc43)cc2c2c3ccccc3ccc21. The van der Waals surface area contributed by atoms with Crippen molar-refractivity contribution in [2.75, 3.05) is 0 Å². The highest BCUT2D eigenvalue weighted by Gasteiger charge is 2.26. The van der Waals surface area contributed by atoms with E-state index in [1.165, 1.54) is 27.8 Å². The van der Waals surface area contributed by atoms with Crippen LogP contribution in [0.2, 0.25) is 0 Å². The first-order valence-electron chi connectivity index (χ1n) is 23.7. The fraction of sp³-hybridized carbons (Fsp3) is 0. The fourth-order valence-corrected chi connectivity index (χ4v) is 12.0. The topological polar surface area (TPSA) is 67.4 Å². The molecule has 0 unspecified atom stereocenters. The van der Waals surface area contributed by atoms with Crippen molar-refractivity contribution in [3.8, 4) is 28.8 Å². The molecular weight excluding hydrogens is 853 g/mol. The summed E-state index contributed by atoms with van der Waals surface area (Å²) in [5.74, 6) is 0. The third-order valence-electron chi connectivity index (χ3n) is 14.9. The minimum Gasteiger partial charge on any atom is -0.309 e. The molecule has 11 aromatic carbocycles. The summed E-state index contributed by atoms with van der Waals surface area (Å²) in [7, 11) is 0. The second-order valence-electron chi connectivity index (χ2n) is 18.3. The maximum atomic E-state index is 11.7. The highest BCUT2D eigenvalue weighted by atomic mass is 15.0. The molecule has 6 nitrogen and oxygen atoms in total. The first-order valence-corrected chi connectivity index (χ1v) is 23.7. The van der Waals surface area contributed by atoms with Gasteiger partial charge in [-0.3, -0.25) is 0 Å². The Morgan fingerprint density at radius 3 is 1.19 bits per heavy atom. The van der Waals surface area contributed by atoms with Crippen molar-refractivity contribution < 1.29 is 0 Å². The number of nitrogens with one attached hydrogen (secondary N) is 1. The molecule has 0 saturated carbocycles. The van der Waals surface area contributed by atoms with Crippen molar-refractivity contribution >= 4 is 115 Å². The molecule has 4 aromatic heterocycles. The van der Waals surface area contributed by atoms with Gasteiger partial charge in [0.05, 0.1) is 55.5 Å². The zero-order valence-electron chi connectivity index (χ0n) is 37.6. The minimum absolute atomic E-state index is 0.484. The Balaban J connectivity index is 1.03. The molecule has 0 spiro atoms. The first-order chi connectivity index (χ1) is 34.7. The Kier molecular flexibility index (Phi) is 7.90. The van der Waals surface area contributed by atoms with Crippen LogP contribution in [0.4, 0.5) is 0 Å². The van der Waals surface area contributed by atoms with Crippen LogP contribution in [0.25, 0.3) is 132 Å². The molecule has 6 heteroatoms. The molecule has 0 fully saturated rings. The molecule has 0 radical (unpaired) electrons.